The zero-order chi connectivity index (χ0) is 16.8. The van der Waals surface area contributed by atoms with Crippen LogP contribution in [-0.4, -0.2) is 30.6 Å². The van der Waals surface area contributed by atoms with E-state index in [-0.39, 0.29) is 24.6 Å². The quantitative estimate of drug-likeness (QED) is 0.773. The highest BCUT2D eigenvalue weighted by Gasteiger charge is 2.35. The molecule has 1 aromatic carbocycles. The third-order valence-electron chi connectivity index (χ3n) is 4.01. The second-order valence-electron chi connectivity index (χ2n) is 5.21. The van der Waals surface area contributed by atoms with E-state index in [0.717, 1.165) is 0 Å². The monoisotopic (exact) mass is 311 g/mol. The number of nitrogens with one attached hydrogen (secondary N) is 1. The maximum absolute atomic E-state index is 13.6. The van der Waals surface area contributed by atoms with Crippen LogP contribution in [0.15, 0.2) is 18.2 Å². The predicted octanol–water partition coefficient (Wildman–Crippen LogP) is 2.38. The van der Waals surface area contributed by atoms with E-state index in [2.05, 4.69) is 5.32 Å². The number of carboxylic acids is 1. The molecule has 0 aliphatic carbocycles. The number of ether oxygens (including phenoxy) is 1. The van der Waals surface area contributed by atoms with Crippen LogP contribution in [0, 0.1) is 11.2 Å². The average molecular weight is 311 g/mol. The second kappa shape index (κ2) is 7.77. The molecule has 0 heterocycles. The van der Waals surface area contributed by atoms with Crippen LogP contribution in [0.2, 0.25) is 0 Å². The second-order valence-corrected chi connectivity index (χ2v) is 5.21. The van der Waals surface area contributed by atoms with Crippen molar-refractivity contribution in [2.24, 2.45) is 5.41 Å². The number of hydrogen-bond acceptors (Lipinski definition) is 3. The molecule has 2 N–H and O–H groups in total. The highest BCUT2D eigenvalue weighted by atomic mass is 19.1. The highest BCUT2D eigenvalue weighted by Crippen LogP contribution is 2.25. The summed E-state index contributed by atoms with van der Waals surface area (Å²) in [5, 5.41) is 11.9. The minimum Gasteiger partial charge on any atom is -0.494 e. The minimum atomic E-state index is -0.958. The largest absolute Gasteiger partial charge is 0.494 e. The van der Waals surface area contributed by atoms with E-state index in [1.54, 1.807) is 19.9 Å². The predicted molar refractivity (Wildman–Crippen MR) is 80.3 cm³/mol. The lowest BCUT2D eigenvalue weighted by molar-refractivity contribution is -0.149. The number of rotatable bonds is 8. The first kappa shape index (κ1) is 17.9. The Hall–Kier alpha value is -2.11. The molecule has 0 aromatic heterocycles. The Morgan fingerprint density at radius 3 is 2.41 bits per heavy atom. The first-order chi connectivity index (χ1) is 10.4. The van der Waals surface area contributed by atoms with Crippen molar-refractivity contribution in [3.63, 3.8) is 0 Å². The number of hydrogen-bond donors (Lipinski definition) is 2. The summed E-state index contributed by atoms with van der Waals surface area (Å²) >= 11 is 0. The van der Waals surface area contributed by atoms with Crippen LogP contribution in [0.3, 0.4) is 0 Å². The van der Waals surface area contributed by atoms with Gasteiger partial charge in [-0.3, -0.25) is 9.59 Å². The van der Waals surface area contributed by atoms with Crippen molar-refractivity contribution in [2.45, 2.75) is 33.1 Å². The maximum atomic E-state index is 13.6. The van der Waals surface area contributed by atoms with Crippen LogP contribution < -0.4 is 10.1 Å². The van der Waals surface area contributed by atoms with Gasteiger partial charge in [-0.2, -0.15) is 0 Å². The molecule has 122 valence electrons. The number of carboxylic acid groups (broad SMARTS) is 1. The molecule has 6 heteroatoms. The third-order valence-corrected chi connectivity index (χ3v) is 4.01. The zero-order valence-corrected chi connectivity index (χ0v) is 13.1. The van der Waals surface area contributed by atoms with Gasteiger partial charge < -0.3 is 15.2 Å². The van der Waals surface area contributed by atoms with E-state index < -0.39 is 17.2 Å². The van der Waals surface area contributed by atoms with Crippen LogP contribution in [0.1, 0.15) is 32.3 Å². The van der Waals surface area contributed by atoms with E-state index in [0.29, 0.717) is 18.4 Å². The van der Waals surface area contributed by atoms with Crippen molar-refractivity contribution >= 4 is 11.9 Å². The van der Waals surface area contributed by atoms with Gasteiger partial charge in [-0.05, 0) is 30.5 Å². The third kappa shape index (κ3) is 4.19. The first-order valence-electron chi connectivity index (χ1n) is 7.21. The lowest BCUT2D eigenvalue weighted by Gasteiger charge is -2.26. The molecule has 0 spiro atoms. The van der Waals surface area contributed by atoms with Crippen molar-refractivity contribution in [3.8, 4) is 5.75 Å². The van der Waals surface area contributed by atoms with Gasteiger partial charge in [0.1, 0.15) is 0 Å². The van der Waals surface area contributed by atoms with Crippen molar-refractivity contribution in [3.05, 3.63) is 29.6 Å². The lowest BCUT2D eigenvalue weighted by atomic mass is 9.82. The topological polar surface area (TPSA) is 75.6 Å². The van der Waals surface area contributed by atoms with Gasteiger partial charge in [-0.15, -0.1) is 0 Å². The van der Waals surface area contributed by atoms with E-state index in [9.17, 15) is 19.1 Å². The summed E-state index contributed by atoms with van der Waals surface area (Å²) < 4.78 is 18.4. The maximum Gasteiger partial charge on any atom is 0.311 e. The molecule has 0 atom stereocenters. The average Bonchev–Trinajstić information content (AvgIpc) is 2.48. The molecule has 0 aliphatic rings. The molecular formula is C16H22FNO4. The Morgan fingerprint density at radius 1 is 1.32 bits per heavy atom. The SMILES string of the molecule is CCC(CC)(CNC(=O)Cc1ccc(OC)c(F)c1)C(=O)O. The van der Waals surface area contributed by atoms with Gasteiger partial charge in [-0.25, -0.2) is 4.39 Å². The summed E-state index contributed by atoms with van der Waals surface area (Å²) in [7, 11) is 1.37. The fourth-order valence-electron chi connectivity index (χ4n) is 2.21. The summed E-state index contributed by atoms with van der Waals surface area (Å²) in [6.45, 7) is 3.62. The number of methoxy groups -OCH3 is 1. The molecule has 1 rings (SSSR count). The molecule has 0 fully saturated rings. The van der Waals surface area contributed by atoms with Crippen LogP contribution in [-0.2, 0) is 16.0 Å². The Bertz CT molecular complexity index is 541. The molecule has 0 saturated carbocycles. The van der Waals surface area contributed by atoms with Crippen molar-refractivity contribution in [1.82, 2.24) is 5.32 Å². The number of halogens is 1. The van der Waals surface area contributed by atoms with Gasteiger partial charge in [0.15, 0.2) is 11.6 Å². The van der Waals surface area contributed by atoms with Gasteiger partial charge in [0, 0.05) is 6.54 Å². The first-order valence-corrected chi connectivity index (χ1v) is 7.21. The van der Waals surface area contributed by atoms with Gasteiger partial charge in [0.2, 0.25) is 5.91 Å². The summed E-state index contributed by atoms with van der Waals surface area (Å²) in [4.78, 5) is 23.3. The molecule has 0 bridgehead atoms. The molecule has 0 saturated heterocycles. The molecule has 0 unspecified atom stereocenters. The number of carbonyl (C=O) groups excluding carboxylic acids is 1. The van der Waals surface area contributed by atoms with Crippen LogP contribution in [0.25, 0.3) is 0 Å². The van der Waals surface area contributed by atoms with Crippen LogP contribution >= 0.6 is 0 Å². The van der Waals surface area contributed by atoms with Gasteiger partial charge in [0.05, 0.1) is 18.9 Å². The highest BCUT2D eigenvalue weighted by molar-refractivity contribution is 5.80. The number of benzene rings is 1. The smallest absolute Gasteiger partial charge is 0.311 e. The minimum absolute atomic E-state index is 0.00988. The Labute approximate surface area is 129 Å². The lowest BCUT2D eigenvalue weighted by Crippen LogP contribution is -2.42. The van der Waals surface area contributed by atoms with Crippen molar-refractivity contribution in [1.29, 1.82) is 0 Å². The summed E-state index contributed by atoms with van der Waals surface area (Å²) in [6.07, 6.45) is 0.844. The molecule has 1 aromatic rings. The number of aliphatic carboxylic acids is 1. The van der Waals surface area contributed by atoms with E-state index >= 15 is 0 Å². The van der Waals surface area contributed by atoms with Gasteiger partial charge >= 0.3 is 5.97 Å². The molecule has 5 nitrogen and oxygen atoms in total. The normalized spacial score (nSPS) is 11.1. The molecule has 22 heavy (non-hydrogen) atoms. The molecular weight excluding hydrogens is 289 g/mol. The van der Waals surface area contributed by atoms with Crippen molar-refractivity contribution in [2.75, 3.05) is 13.7 Å². The fraction of sp³-hybridized carbons (Fsp3) is 0.500. The van der Waals surface area contributed by atoms with E-state index in [4.69, 9.17) is 4.74 Å². The van der Waals surface area contributed by atoms with Crippen LogP contribution in [0.5, 0.6) is 5.75 Å². The molecule has 0 radical (unpaired) electrons. The Kier molecular flexibility index (Phi) is 6.34. The molecule has 1 amide bonds. The molecule has 0 aliphatic heterocycles. The summed E-state index contributed by atoms with van der Waals surface area (Å²) in [6, 6.07) is 4.30. The van der Waals surface area contributed by atoms with Crippen LogP contribution in [0.4, 0.5) is 4.39 Å². The standard InChI is InChI=1S/C16H22FNO4/c1-4-16(5-2,15(20)21)10-18-14(19)9-11-6-7-13(22-3)12(17)8-11/h6-8H,4-5,9-10H2,1-3H3,(H,18,19)(H,20,21). The van der Waals surface area contributed by atoms with Crippen molar-refractivity contribution < 1.29 is 23.8 Å². The fourth-order valence-corrected chi connectivity index (χ4v) is 2.21. The Balaban J connectivity index is 2.67. The van der Waals surface area contributed by atoms with Gasteiger partial charge in [0.25, 0.3) is 0 Å². The number of carbonyl (C=O) groups is 2. The van der Waals surface area contributed by atoms with E-state index in [1.165, 1.54) is 19.2 Å². The Morgan fingerprint density at radius 2 is 1.95 bits per heavy atom. The van der Waals surface area contributed by atoms with Gasteiger partial charge in [-0.1, -0.05) is 19.9 Å². The zero-order valence-electron chi connectivity index (χ0n) is 13.1. The summed E-state index contributed by atoms with van der Waals surface area (Å²) in [5.74, 6) is -1.67. The summed E-state index contributed by atoms with van der Waals surface area (Å²) in [5.41, 5.74) is -0.453. The number of amides is 1. The van der Waals surface area contributed by atoms with E-state index in [1.807, 2.05) is 0 Å².